The number of rotatable bonds is 4. The number of nitrogens with one attached hydrogen (secondary N) is 2. The van der Waals surface area contributed by atoms with Gasteiger partial charge in [-0.1, -0.05) is 44.9 Å². The number of nitrogens with zero attached hydrogens (tertiary/aromatic N) is 2. The van der Waals surface area contributed by atoms with E-state index >= 15 is 0 Å². The maximum absolute atomic E-state index is 14.0. The zero-order valence-electron chi connectivity index (χ0n) is 16.9. The first-order valence-electron chi connectivity index (χ1n) is 10.8. The number of ether oxygens (including phenoxy) is 1. The van der Waals surface area contributed by atoms with Gasteiger partial charge in [0.25, 0.3) is 0 Å². The molecule has 2 unspecified atom stereocenters. The molecular weight excluding hydrogens is 383 g/mol. The van der Waals surface area contributed by atoms with Crippen molar-refractivity contribution >= 4 is 11.8 Å². The molecule has 3 rings (SSSR count). The van der Waals surface area contributed by atoms with Gasteiger partial charge in [-0.2, -0.15) is 18.2 Å². The second-order valence-electron chi connectivity index (χ2n) is 7.97. The lowest BCUT2D eigenvalue weighted by Gasteiger charge is -2.28. The van der Waals surface area contributed by atoms with Gasteiger partial charge in [0.05, 0.1) is 17.8 Å². The van der Waals surface area contributed by atoms with Crippen LogP contribution < -0.4 is 16.4 Å². The van der Waals surface area contributed by atoms with Crippen molar-refractivity contribution in [1.82, 2.24) is 15.3 Å². The van der Waals surface area contributed by atoms with Crippen LogP contribution in [-0.2, 0) is 10.9 Å². The fraction of sp³-hybridized carbons (Fsp3) is 0.800. The topological polar surface area (TPSA) is 85.1 Å². The third-order valence-corrected chi connectivity index (χ3v) is 5.67. The molecule has 0 saturated carbocycles. The first-order valence-corrected chi connectivity index (χ1v) is 10.8. The number of anilines is 2. The summed E-state index contributed by atoms with van der Waals surface area (Å²) in [6.07, 6.45) is 5.42. The van der Waals surface area contributed by atoms with E-state index in [0.717, 1.165) is 38.5 Å². The quantitative estimate of drug-likeness (QED) is 0.674. The highest BCUT2D eigenvalue weighted by Gasteiger charge is 2.40. The Hall–Kier alpha value is -1.61. The van der Waals surface area contributed by atoms with Gasteiger partial charge in [0.15, 0.2) is 0 Å². The molecule has 0 aromatic carbocycles. The van der Waals surface area contributed by atoms with E-state index in [9.17, 15) is 13.2 Å². The molecule has 2 aliphatic rings. The molecule has 1 aromatic rings. The monoisotopic (exact) mass is 415 g/mol. The van der Waals surface area contributed by atoms with E-state index < -0.39 is 17.8 Å². The Kier molecular flexibility index (Phi) is 7.94. The lowest BCUT2D eigenvalue weighted by Crippen LogP contribution is -2.35. The first kappa shape index (κ1) is 22.1. The van der Waals surface area contributed by atoms with Crippen LogP contribution >= 0.6 is 0 Å². The summed E-state index contributed by atoms with van der Waals surface area (Å²) in [5.74, 6) is -0.388. The maximum atomic E-state index is 14.0. The van der Waals surface area contributed by atoms with Crippen LogP contribution in [0.1, 0.15) is 81.5 Å². The Labute approximate surface area is 170 Å². The van der Waals surface area contributed by atoms with Gasteiger partial charge in [0.1, 0.15) is 11.4 Å². The largest absolute Gasteiger partial charge is 0.421 e. The summed E-state index contributed by atoms with van der Waals surface area (Å²) in [6, 6.07) is -0.489. The van der Waals surface area contributed by atoms with Crippen LogP contribution in [0.2, 0.25) is 0 Å². The maximum Gasteiger partial charge on any atom is 0.421 e. The fourth-order valence-corrected chi connectivity index (χ4v) is 3.96. The summed E-state index contributed by atoms with van der Waals surface area (Å²) in [5, 5.41) is 6.12. The zero-order valence-corrected chi connectivity index (χ0v) is 16.9. The second kappa shape index (κ2) is 10.4. The number of halogens is 3. The third-order valence-electron chi connectivity index (χ3n) is 5.67. The van der Waals surface area contributed by atoms with Gasteiger partial charge < -0.3 is 21.1 Å². The highest BCUT2D eigenvalue weighted by molar-refractivity contribution is 5.52. The molecule has 0 spiro atoms. The van der Waals surface area contributed by atoms with Crippen LogP contribution in [0, 0.1) is 0 Å². The molecule has 29 heavy (non-hydrogen) atoms. The Bertz CT molecular complexity index is 640. The molecule has 9 heteroatoms. The third kappa shape index (κ3) is 6.44. The summed E-state index contributed by atoms with van der Waals surface area (Å²) < 4.78 is 47.4. The van der Waals surface area contributed by atoms with Gasteiger partial charge in [-0.25, -0.2) is 4.98 Å². The average molecular weight is 416 g/mol. The van der Waals surface area contributed by atoms with Crippen LogP contribution in [0.5, 0.6) is 0 Å². The predicted octanol–water partition coefficient (Wildman–Crippen LogP) is 4.43. The summed E-state index contributed by atoms with van der Waals surface area (Å²) in [4.78, 5) is 7.95. The number of aromatic nitrogens is 2. The van der Waals surface area contributed by atoms with E-state index in [1.807, 2.05) is 0 Å². The molecule has 2 aliphatic heterocycles. The van der Waals surface area contributed by atoms with E-state index in [4.69, 9.17) is 10.5 Å². The smallest absolute Gasteiger partial charge is 0.376 e. The van der Waals surface area contributed by atoms with Crippen molar-refractivity contribution in [3.05, 3.63) is 11.3 Å². The number of alkyl halides is 3. The summed E-state index contributed by atoms with van der Waals surface area (Å²) >= 11 is 0. The lowest BCUT2D eigenvalue weighted by atomic mass is 9.98. The van der Waals surface area contributed by atoms with Crippen LogP contribution in [0.4, 0.5) is 24.9 Å². The summed E-state index contributed by atoms with van der Waals surface area (Å²) in [6.45, 7) is 1.59. The van der Waals surface area contributed by atoms with Gasteiger partial charge in [-0.05, 0) is 25.8 Å². The van der Waals surface area contributed by atoms with Crippen molar-refractivity contribution in [2.75, 3.05) is 30.7 Å². The lowest BCUT2D eigenvalue weighted by molar-refractivity contribution is -0.138. The SMILES string of the molecule is Nc1nc(NCC2CCO2)c(C(F)(F)F)c(C2CCCCCCCCCCN2)n1. The fourth-order valence-electron chi connectivity index (χ4n) is 3.96. The zero-order chi connectivity index (χ0) is 20.7. The van der Waals surface area contributed by atoms with Crippen molar-refractivity contribution in [2.24, 2.45) is 0 Å². The normalized spacial score (nSPS) is 24.8. The number of nitrogen functional groups attached to an aromatic ring is 1. The highest BCUT2D eigenvalue weighted by atomic mass is 19.4. The predicted molar refractivity (Wildman–Crippen MR) is 107 cm³/mol. The van der Waals surface area contributed by atoms with E-state index in [0.29, 0.717) is 19.6 Å². The summed E-state index contributed by atoms with van der Waals surface area (Å²) in [5.41, 5.74) is 4.96. The molecule has 3 heterocycles. The molecule has 164 valence electrons. The molecular formula is C20H32F3N5O. The Balaban J connectivity index is 1.85. The van der Waals surface area contributed by atoms with E-state index in [-0.39, 0.29) is 30.1 Å². The van der Waals surface area contributed by atoms with E-state index in [1.54, 1.807) is 0 Å². The molecule has 0 radical (unpaired) electrons. The van der Waals surface area contributed by atoms with Gasteiger partial charge in [0.2, 0.25) is 5.95 Å². The average Bonchev–Trinajstić information content (AvgIpc) is 2.59. The Morgan fingerprint density at radius 3 is 2.28 bits per heavy atom. The van der Waals surface area contributed by atoms with Gasteiger partial charge in [0, 0.05) is 13.2 Å². The van der Waals surface area contributed by atoms with Crippen molar-refractivity contribution in [3.63, 3.8) is 0 Å². The Morgan fingerprint density at radius 1 is 1.00 bits per heavy atom. The first-order chi connectivity index (χ1) is 13.9. The molecule has 0 aliphatic carbocycles. The van der Waals surface area contributed by atoms with E-state index in [2.05, 4.69) is 20.6 Å². The number of hydrogen-bond acceptors (Lipinski definition) is 6. The van der Waals surface area contributed by atoms with Crippen LogP contribution in [-0.4, -0.2) is 35.8 Å². The minimum absolute atomic E-state index is 0.0425. The molecule has 0 amide bonds. The van der Waals surface area contributed by atoms with Crippen LogP contribution in [0.3, 0.4) is 0 Å². The molecule has 6 nitrogen and oxygen atoms in total. The summed E-state index contributed by atoms with van der Waals surface area (Å²) in [7, 11) is 0. The minimum atomic E-state index is -4.57. The Morgan fingerprint density at radius 2 is 1.66 bits per heavy atom. The standard InChI is InChI=1S/C20H32F3N5O/c21-20(22,23)16-17(15-9-7-5-3-1-2-4-6-8-11-25-15)27-19(24)28-18(16)26-13-14-10-12-29-14/h14-15,25H,1-13H2,(H3,24,26,27,28). The molecule has 0 bridgehead atoms. The van der Waals surface area contributed by atoms with Crippen LogP contribution in [0.25, 0.3) is 0 Å². The van der Waals surface area contributed by atoms with Crippen molar-refractivity contribution in [1.29, 1.82) is 0 Å². The molecule has 2 saturated heterocycles. The second-order valence-corrected chi connectivity index (χ2v) is 7.97. The van der Waals surface area contributed by atoms with Gasteiger partial charge in [-0.15, -0.1) is 0 Å². The van der Waals surface area contributed by atoms with Crippen LogP contribution in [0.15, 0.2) is 0 Å². The number of hydrogen-bond donors (Lipinski definition) is 3. The number of nitrogens with two attached hydrogens (primary N) is 1. The molecule has 1 aromatic heterocycles. The van der Waals surface area contributed by atoms with Crippen molar-refractivity contribution in [3.8, 4) is 0 Å². The molecule has 2 atom stereocenters. The molecule has 4 N–H and O–H groups in total. The van der Waals surface area contributed by atoms with Gasteiger partial charge in [-0.3, -0.25) is 0 Å². The van der Waals surface area contributed by atoms with Gasteiger partial charge >= 0.3 is 6.18 Å². The van der Waals surface area contributed by atoms with Crippen molar-refractivity contribution < 1.29 is 17.9 Å². The van der Waals surface area contributed by atoms with E-state index in [1.165, 1.54) is 19.3 Å². The molecule has 2 fully saturated rings. The minimum Gasteiger partial charge on any atom is -0.376 e. The van der Waals surface area contributed by atoms with Crippen molar-refractivity contribution in [2.45, 2.75) is 82.5 Å². The highest BCUT2D eigenvalue weighted by Crippen LogP contribution is 2.39.